The van der Waals surface area contributed by atoms with Crippen LogP contribution in [0.5, 0.6) is 0 Å². The molecule has 0 saturated heterocycles. The molecule has 3 aromatic rings. The number of anilines is 3. The molecule has 5 nitrogen and oxygen atoms in total. The van der Waals surface area contributed by atoms with Crippen LogP contribution < -0.4 is 10.6 Å². The highest BCUT2D eigenvalue weighted by Gasteiger charge is 2.12. The number of rotatable bonds is 4. The predicted molar refractivity (Wildman–Crippen MR) is 100 cm³/mol. The monoisotopic (exact) mass is 332 g/mol. The Bertz CT molecular complexity index is 884. The fourth-order valence-corrected chi connectivity index (χ4v) is 2.75. The molecule has 5 heteroatoms. The molecule has 25 heavy (non-hydrogen) atoms. The molecule has 0 spiro atoms. The van der Waals surface area contributed by atoms with E-state index in [0.29, 0.717) is 11.6 Å². The van der Waals surface area contributed by atoms with Gasteiger partial charge in [0.25, 0.3) is 5.91 Å². The first kappa shape index (κ1) is 16.6. The second kappa shape index (κ2) is 7.13. The molecule has 1 aromatic heterocycles. The van der Waals surface area contributed by atoms with Gasteiger partial charge in [-0.15, -0.1) is 0 Å². The maximum atomic E-state index is 12.6. The summed E-state index contributed by atoms with van der Waals surface area (Å²) in [6.07, 6.45) is 1.57. The van der Waals surface area contributed by atoms with Crippen LogP contribution >= 0.6 is 0 Å². The van der Waals surface area contributed by atoms with Crippen molar-refractivity contribution in [2.24, 2.45) is 0 Å². The number of carbonyl (C=O) groups is 1. The van der Waals surface area contributed by atoms with Gasteiger partial charge >= 0.3 is 0 Å². The van der Waals surface area contributed by atoms with Crippen LogP contribution in [0.25, 0.3) is 0 Å². The second-order valence-corrected chi connectivity index (χ2v) is 5.98. The van der Waals surface area contributed by atoms with E-state index in [0.717, 1.165) is 22.5 Å². The summed E-state index contributed by atoms with van der Waals surface area (Å²) < 4.78 is 0. The zero-order valence-electron chi connectivity index (χ0n) is 14.5. The number of nitrogens with zero attached hydrogens (tertiary/aromatic N) is 2. The third kappa shape index (κ3) is 4.01. The molecular weight excluding hydrogens is 312 g/mol. The van der Waals surface area contributed by atoms with Gasteiger partial charge in [-0.25, -0.2) is 9.97 Å². The first-order valence-electron chi connectivity index (χ1n) is 8.07. The van der Waals surface area contributed by atoms with Crippen molar-refractivity contribution >= 4 is 23.2 Å². The van der Waals surface area contributed by atoms with Crippen LogP contribution in [0, 0.1) is 20.8 Å². The molecule has 0 aliphatic carbocycles. The Kier molecular flexibility index (Phi) is 4.75. The summed E-state index contributed by atoms with van der Waals surface area (Å²) in [7, 11) is 0. The minimum atomic E-state index is -0.256. The number of para-hydroxylation sites is 1. The van der Waals surface area contributed by atoms with Crippen LogP contribution in [0.4, 0.5) is 17.3 Å². The topological polar surface area (TPSA) is 66.9 Å². The zero-order valence-corrected chi connectivity index (χ0v) is 14.5. The highest BCUT2D eigenvalue weighted by molar-refractivity contribution is 6.03. The van der Waals surface area contributed by atoms with E-state index in [1.165, 1.54) is 5.56 Å². The van der Waals surface area contributed by atoms with Crippen molar-refractivity contribution in [1.29, 1.82) is 0 Å². The number of carbonyl (C=O) groups excluding carboxylic acids is 1. The molecule has 0 aliphatic heterocycles. The second-order valence-electron chi connectivity index (χ2n) is 5.98. The molecular formula is C20H20N4O. The van der Waals surface area contributed by atoms with Gasteiger partial charge in [0.1, 0.15) is 5.69 Å². The molecule has 0 fully saturated rings. The molecule has 0 unspecified atom stereocenters. The van der Waals surface area contributed by atoms with Crippen molar-refractivity contribution in [2.75, 3.05) is 10.6 Å². The van der Waals surface area contributed by atoms with E-state index >= 15 is 0 Å². The highest BCUT2D eigenvalue weighted by Crippen LogP contribution is 2.22. The Morgan fingerprint density at radius 2 is 1.64 bits per heavy atom. The van der Waals surface area contributed by atoms with Gasteiger partial charge in [0, 0.05) is 17.6 Å². The van der Waals surface area contributed by atoms with E-state index in [-0.39, 0.29) is 5.91 Å². The van der Waals surface area contributed by atoms with Gasteiger partial charge in [-0.05, 0) is 50.1 Å². The van der Waals surface area contributed by atoms with E-state index in [4.69, 9.17) is 0 Å². The highest BCUT2D eigenvalue weighted by atomic mass is 16.1. The Labute approximate surface area is 147 Å². The first-order chi connectivity index (χ1) is 12.0. The molecule has 126 valence electrons. The van der Waals surface area contributed by atoms with Gasteiger partial charge in [-0.3, -0.25) is 4.79 Å². The summed E-state index contributed by atoms with van der Waals surface area (Å²) in [4.78, 5) is 21.1. The van der Waals surface area contributed by atoms with Crippen LogP contribution in [-0.4, -0.2) is 15.9 Å². The van der Waals surface area contributed by atoms with Crippen LogP contribution in [0.2, 0.25) is 0 Å². The summed E-state index contributed by atoms with van der Waals surface area (Å²) in [5.41, 5.74) is 5.24. The number of amides is 1. The molecule has 3 rings (SSSR count). The van der Waals surface area contributed by atoms with Crippen molar-refractivity contribution in [2.45, 2.75) is 20.8 Å². The largest absolute Gasteiger partial charge is 0.324 e. The van der Waals surface area contributed by atoms with Gasteiger partial charge in [0.2, 0.25) is 5.95 Å². The normalized spacial score (nSPS) is 10.4. The van der Waals surface area contributed by atoms with Crippen molar-refractivity contribution < 1.29 is 4.79 Å². The summed E-state index contributed by atoms with van der Waals surface area (Å²) in [5, 5.41) is 6.05. The molecule has 0 aliphatic rings. The van der Waals surface area contributed by atoms with Crippen LogP contribution in [0.15, 0.2) is 54.7 Å². The number of nitrogens with one attached hydrogen (secondary N) is 2. The van der Waals surface area contributed by atoms with Crippen LogP contribution in [-0.2, 0) is 0 Å². The third-order valence-electron chi connectivity index (χ3n) is 3.83. The lowest BCUT2D eigenvalue weighted by atomic mass is 10.1. The van der Waals surface area contributed by atoms with Gasteiger partial charge in [0.15, 0.2) is 0 Å². The van der Waals surface area contributed by atoms with Gasteiger partial charge in [-0.1, -0.05) is 35.9 Å². The summed E-state index contributed by atoms with van der Waals surface area (Å²) in [6.45, 7) is 6.01. The smallest absolute Gasteiger partial charge is 0.274 e. The summed E-state index contributed by atoms with van der Waals surface area (Å²) >= 11 is 0. The van der Waals surface area contributed by atoms with E-state index in [9.17, 15) is 4.79 Å². The molecule has 1 heterocycles. The van der Waals surface area contributed by atoms with Crippen LogP contribution in [0.1, 0.15) is 27.2 Å². The van der Waals surface area contributed by atoms with Gasteiger partial charge in [-0.2, -0.15) is 0 Å². The number of hydrogen-bond donors (Lipinski definition) is 2. The predicted octanol–water partition coefficient (Wildman–Crippen LogP) is 4.40. The average Bonchev–Trinajstić information content (AvgIpc) is 2.59. The number of aromatic nitrogens is 2. The molecule has 1 amide bonds. The van der Waals surface area contributed by atoms with Gasteiger partial charge < -0.3 is 10.6 Å². The molecule has 0 saturated carbocycles. The molecule has 0 radical (unpaired) electrons. The minimum Gasteiger partial charge on any atom is -0.324 e. The number of benzene rings is 2. The van der Waals surface area contributed by atoms with E-state index in [1.807, 2.05) is 63.2 Å². The fourth-order valence-electron chi connectivity index (χ4n) is 2.75. The van der Waals surface area contributed by atoms with E-state index in [1.54, 1.807) is 12.3 Å². The maximum absolute atomic E-state index is 12.6. The minimum absolute atomic E-state index is 0.256. The first-order valence-corrected chi connectivity index (χ1v) is 8.07. The molecule has 2 aromatic carbocycles. The van der Waals surface area contributed by atoms with Gasteiger partial charge in [0.05, 0.1) is 0 Å². The van der Waals surface area contributed by atoms with Crippen molar-refractivity contribution in [3.8, 4) is 0 Å². The van der Waals surface area contributed by atoms with E-state index in [2.05, 4.69) is 20.6 Å². The molecule has 0 bridgehead atoms. The maximum Gasteiger partial charge on any atom is 0.274 e. The Morgan fingerprint density at radius 3 is 2.32 bits per heavy atom. The quantitative estimate of drug-likeness (QED) is 0.743. The number of aryl methyl sites for hydroxylation is 3. The lowest BCUT2D eigenvalue weighted by Crippen LogP contribution is -2.16. The molecule has 0 atom stereocenters. The SMILES string of the molecule is Cc1cc(C)c(NC(=O)c2ccnc(Nc3ccccc3)n2)c(C)c1. The lowest BCUT2D eigenvalue weighted by Gasteiger charge is -2.13. The van der Waals surface area contributed by atoms with Crippen molar-refractivity contribution in [1.82, 2.24) is 9.97 Å². The average molecular weight is 332 g/mol. The Morgan fingerprint density at radius 1 is 0.960 bits per heavy atom. The van der Waals surface area contributed by atoms with Crippen molar-refractivity contribution in [3.63, 3.8) is 0 Å². The summed E-state index contributed by atoms with van der Waals surface area (Å²) in [5.74, 6) is 0.129. The summed E-state index contributed by atoms with van der Waals surface area (Å²) in [6, 6.07) is 15.3. The standard InChI is InChI=1S/C20H20N4O/c1-13-11-14(2)18(15(3)12-13)24-19(25)17-9-10-21-20(23-17)22-16-7-5-4-6-8-16/h4-12H,1-3H3,(H,24,25)(H,21,22,23). The van der Waals surface area contributed by atoms with Crippen molar-refractivity contribution in [3.05, 3.63) is 77.1 Å². The lowest BCUT2D eigenvalue weighted by molar-refractivity contribution is 0.102. The number of hydrogen-bond acceptors (Lipinski definition) is 4. The third-order valence-corrected chi connectivity index (χ3v) is 3.83. The molecule has 2 N–H and O–H groups in total. The van der Waals surface area contributed by atoms with Crippen LogP contribution in [0.3, 0.4) is 0 Å². The Balaban J connectivity index is 1.80. The van der Waals surface area contributed by atoms with E-state index < -0.39 is 0 Å². The zero-order chi connectivity index (χ0) is 17.8. The fraction of sp³-hybridized carbons (Fsp3) is 0.150. The Hall–Kier alpha value is -3.21.